The van der Waals surface area contributed by atoms with Gasteiger partial charge in [-0.15, -0.1) is 0 Å². The first-order chi connectivity index (χ1) is 17.0. The summed E-state index contributed by atoms with van der Waals surface area (Å²) in [4.78, 5) is 3.93. The molecule has 0 bridgehead atoms. The van der Waals surface area contributed by atoms with E-state index in [-0.39, 0.29) is 15.5 Å². The topological polar surface area (TPSA) is 115 Å². The third-order valence-corrected chi connectivity index (χ3v) is 5.79. The summed E-state index contributed by atoms with van der Waals surface area (Å²) in [5, 5.41) is 20.4. The van der Waals surface area contributed by atoms with E-state index in [1.165, 1.54) is 6.07 Å². The van der Waals surface area contributed by atoms with Crippen LogP contribution in [0.2, 0.25) is 0 Å². The second kappa shape index (κ2) is 9.72. The fraction of sp³-hybridized carbons (Fsp3) is 0.136. The number of alkyl halides is 2. The molecule has 0 amide bonds. The molecule has 0 aliphatic heterocycles. The number of hydrogen-bond acceptors (Lipinski definition) is 7. The summed E-state index contributed by atoms with van der Waals surface area (Å²) < 4.78 is 65.9. The van der Waals surface area contributed by atoms with Crippen LogP contribution in [0.25, 0.3) is 0 Å². The summed E-state index contributed by atoms with van der Waals surface area (Å²) >= 11 is 9.78. The van der Waals surface area contributed by atoms with Crippen molar-refractivity contribution in [3.63, 3.8) is 0 Å². The van der Waals surface area contributed by atoms with Gasteiger partial charge < -0.3 is 15.6 Å². The van der Waals surface area contributed by atoms with Crippen LogP contribution in [0.5, 0.6) is 11.5 Å². The highest BCUT2D eigenvalue weighted by Gasteiger charge is 2.58. The minimum Gasteiger partial charge on any atom is -0.456 e. The molecule has 2 heterocycles. The molecule has 0 spiro atoms. The largest absolute Gasteiger partial charge is 0.456 e. The maximum absolute atomic E-state index is 15.8. The SMILES string of the molecule is NC(=S)c1ccc(Oc2ccc(C(F)(F)C(O)(Cn3[nH]nnc3=S)c3ccc(F)cc3F)nc2)cc1. The third-order valence-electron chi connectivity index (χ3n) is 5.25. The summed E-state index contributed by atoms with van der Waals surface area (Å²) in [6, 6.07) is 10.4. The standard InChI is InChI=1S/C22H16F4N6O2S2/c23-13-3-7-16(17(24)9-13)21(33,11-32-20(36)29-30-31-32)22(25,26)18-8-6-15(10-28-18)34-14-4-1-12(2-5-14)19(27)35/h1-10,33H,11H2,(H2,27,35)(H,29,31,36). The zero-order valence-electron chi connectivity index (χ0n) is 18.0. The number of nitrogens with two attached hydrogens (primary N) is 1. The van der Waals surface area contributed by atoms with Gasteiger partial charge in [0.05, 0.1) is 12.7 Å². The maximum atomic E-state index is 15.8. The molecule has 4 rings (SSSR count). The zero-order valence-corrected chi connectivity index (χ0v) is 19.7. The molecule has 0 fully saturated rings. The molecule has 36 heavy (non-hydrogen) atoms. The van der Waals surface area contributed by atoms with Gasteiger partial charge in [-0.2, -0.15) is 14.0 Å². The van der Waals surface area contributed by atoms with Gasteiger partial charge in [0, 0.05) is 17.2 Å². The van der Waals surface area contributed by atoms with Gasteiger partial charge in [0.15, 0.2) is 5.60 Å². The third kappa shape index (κ3) is 4.82. The van der Waals surface area contributed by atoms with E-state index >= 15 is 8.78 Å². The molecule has 0 saturated carbocycles. The van der Waals surface area contributed by atoms with Crippen LogP contribution >= 0.6 is 24.4 Å². The first-order valence-electron chi connectivity index (χ1n) is 10.1. The first-order valence-corrected chi connectivity index (χ1v) is 10.9. The zero-order chi connectivity index (χ0) is 26.1. The number of thiocarbonyl (C=S) groups is 1. The fourth-order valence-electron chi connectivity index (χ4n) is 3.39. The lowest BCUT2D eigenvalue weighted by atomic mass is 9.84. The highest BCUT2D eigenvalue weighted by Crippen LogP contribution is 2.47. The van der Waals surface area contributed by atoms with Crippen LogP contribution in [0, 0.1) is 16.4 Å². The van der Waals surface area contributed by atoms with E-state index in [4.69, 9.17) is 34.9 Å². The van der Waals surface area contributed by atoms with Gasteiger partial charge in [0.1, 0.15) is 33.8 Å². The number of halogens is 4. The second-order valence-corrected chi connectivity index (χ2v) is 8.40. The van der Waals surface area contributed by atoms with Crippen LogP contribution in [0.3, 0.4) is 0 Å². The lowest BCUT2D eigenvalue weighted by Crippen LogP contribution is -2.48. The number of rotatable bonds is 8. The predicted molar refractivity (Wildman–Crippen MR) is 126 cm³/mol. The normalized spacial score (nSPS) is 13.2. The van der Waals surface area contributed by atoms with E-state index < -0.39 is 41.0 Å². The smallest absolute Gasteiger partial charge is 0.323 e. The Kier molecular flexibility index (Phi) is 6.84. The van der Waals surface area contributed by atoms with Gasteiger partial charge in [-0.1, -0.05) is 22.5 Å². The molecule has 8 nitrogen and oxygen atoms in total. The van der Waals surface area contributed by atoms with Crippen molar-refractivity contribution in [1.82, 2.24) is 25.2 Å². The fourth-order valence-corrected chi connectivity index (χ4v) is 3.67. The van der Waals surface area contributed by atoms with Gasteiger partial charge in [-0.05, 0) is 60.7 Å². The molecule has 4 aromatic rings. The Labute approximate surface area is 211 Å². The van der Waals surface area contributed by atoms with Gasteiger partial charge in [0.2, 0.25) is 4.77 Å². The van der Waals surface area contributed by atoms with Crippen LogP contribution in [0.4, 0.5) is 17.6 Å². The highest BCUT2D eigenvalue weighted by atomic mass is 32.1. The summed E-state index contributed by atoms with van der Waals surface area (Å²) in [5.74, 6) is -6.14. The summed E-state index contributed by atoms with van der Waals surface area (Å²) in [7, 11) is 0. The number of nitrogens with zero attached hydrogens (tertiary/aromatic N) is 4. The van der Waals surface area contributed by atoms with Crippen LogP contribution in [-0.4, -0.2) is 35.3 Å². The minimum atomic E-state index is -4.21. The van der Waals surface area contributed by atoms with Gasteiger partial charge >= 0.3 is 5.92 Å². The average Bonchev–Trinajstić information content (AvgIpc) is 3.23. The molecular formula is C22H16F4N6O2S2. The number of tetrazole rings is 1. The molecule has 186 valence electrons. The number of benzene rings is 2. The van der Waals surface area contributed by atoms with Crippen molar-refractivity contribution >= 4 is 29.4 Å². The number of aromatic nitrogens is 5. The average molecular weight is 537 g/mol. The summed E-state index contributed by atoms with van der Waals surface area (Å²) in [6.07, 6.45) is 1.01. The molecule has 0 aliphatic carbocycles. The van der Waals surface area contributed by atoms with Crippen molar-refractivity contribution in [2.75, 3.05) is 0 Å². The number of ether oxygens (including phenoxy) is 1. The number of H-pyrrole nitrogens is 1. The Morgan fingerprint density at radius 1 is 1.08 bits per heavy atom. The molecule has 0 saturated heterocycles. The summed E-state index contributed by atoms with van der Waals surface area (Å²) in [6.45, 7) is -0.996. The monoisotopic (exact) mass is 536 g/mol. The van der Waals surface area contributed by atoms with E-state index in [0.717, 1.165) is 29.1 Å². The van der Waals surface area contributed by atoms with Crippen molar-refractivity contribution in [2.45, 2.75) is 18.1 Å². The van der Waals surface area contributed by atoms with E-state index in [9.17, 15) is 13.9 Å². The van der Waals surface area contributed by atoms with Crippen molar-refractivity contribution < 1.29 is 27.4 Å². The van der Waals surface area contributed by atoms with E-state index in [0.29, 0.717) is 17.4 Å². The Balaban J connectivity index is 1.69. The highest BCUT2D eigenvalue weighted by molar-refractivity contribution is 7.80. The number of nitrogens with one attached hydrogen (secondary N) is 1. The van der Waals surface area contributed by atoms with Gasteiger partial charge in [-0.25, -0.2) is 13.5 Å². The number of aromatic amines is 1. The molecule has 2 aromatic heterocycles. The van der Waals surface area contributed by atoms with Crippen molar-refractivity contribution in [2.24, 2.45) is 5.73 Å². The van der Waals surface area contributed by atoms with Crippen LogP contribution < -0.4 is 10.5 Å². The Bertz CT molecular complexity index is 1460. The molecular weight excluding hydrogens is 520 g/mol. The number of hydrogen-bond donors (Lipinski definition) is 3. The van der Waals surface area contributed by atoms with Crippen molar-refractivity contribution in [3.8, 4) is 11.5 Å². The molecule has 4 N–H and O–H groups in total. The maximum Gasteiger partial charge on any atom is 0.323 e. The molecule has 14 heteroatoms. The summed E-state index contributed by atoms with van der Waals surface area (Å²) in [5.41, 5.74) is 1.09. The lowest BCUT2D eigenvalue weighted by molar-refractivity contribution is -0.208. The molecule has 0 radical (unpaired) electrons. The number of pyridine rings is 1. The second-order valence-electron chi connectivity index (χ2n) is 7.60. The van der Waals surface area contributed by atoms with E-state index in [1.54, 1.807) is 24.3 Å². The lowest BCUT2D eigenvalue weighted by Gasteiger charge is -2.36. The number of aliphatic hydroxyl groups is 1. The van der Waals surface area contributed by atoms with Gasteiger partial charge in [-0.3, -0.25) is 4.98 Å². The Morgan fingerprint density at radius 3 is 2.33 bits per heavy atom. The molecule has 0 aliphatic rings. The van der Waals surface area contributed by atoms with Crippen molar-refractivity contribution in [3.05, 3.63) is 94.0 Å². The first kappa shape index (κ1) is 25.3. The molecule has 1 atom stereocenters. The van der Waals surface area contributed by atoms with Gasteiger partial charge in [0.25, 0.3) is 0 Å². The van der Waals surface area contributed by atoms with Crippen molar-refractivity contribution in [1.29, 1.82) is 0 Å². The minimum absolute atomic E-state index is 0.106. The van der Waals surface area contributed by atoms with Crippen LogP contribution in [0.15, 0.2) is 60.8 Å². The van der Waals surface area contributed by atoms with Crippen LogP contribution in [-0.2, 0) is 18.1 Å². The predicted octanol–water partition coefficient (Wildman–Crippen LogP) is 4.12. The Hall–Kier alpha value is -3.75. The van der Waals surface area contributed by atoms with Crippen LogP contribution in [0.1, 0.15) is 16.8 Å². The van der Waals surface area contributed by atoms with E-state index in [1.807, 2.05) is 0 Å². The quantitative estimate of drug-likeness (QED) is 0.228. The van der Waals surface area contributed by atoms with E-state index in [2.05, 4.69) is 20.5 Å². The Morgan fingerprint density at radius 2 is 1.78 bits per heavy atom. The molecule has 2 aromatic carbocycles. The molecule has 1 unspecified atom stereocenters.